The van der Waals surface area contributed by atoms with Crippen LogP contribution in [0, 0.1) is 5.82 Å². The maximum atomic E-state index is 12.9. The van der Waals surface area contributed by atoms with E-state index in [-0.39, 0.29) is 5.82 Å². The van der Waals surface area contributed by atoms with Crippen molar-refractivity contribution >= 4 is 6.08 Å². The maximum absolute atomic E-state index is 12.9. The lowest BCUT2D eigenvalue weighted by molar-refractivity contribution is 0.230. The number of nitrogens with one attached hydrogen (secondary N) is 1. The van der Waals surface area contributed by atoms with Gasteiger partial charge in [-0.1, -0.05) is 12.1 Å². The van der Waals surface area contributed by atoms with E-state index in [0.717, 1.165) is 5.56 Å². The van der Waals surface area contributed by atoms with E-state index in [2.05, 4.69) is 10.3 Å². The molecule has 1 aliphatic carbocycles. The molecule has 0 spiro atoms. The van der Waals surface area contributed by atoms with E-state index >= 15 is 0 Å². The molecule has 0 bridgehead atoms. The van der Waals surface area contributed by atoms with Crippen molar-refractivity contribution in [2.75, 3.05) is 6.61 Å². The number of carbonyl (C=O) groups excluding carboxylic acids is 1. The van der Waals surface area contributed by atoms with Crippen LogP contribution in [0.3, 0.4) is 0 Å². The maximum Gasteiger partial charge on any atom is 0.240 e. The van der Waals surface area contributed by atoms with Crippen molar-refractivity contribution in [1.29, 1.82) is 0 Å². The molecule has 0 fully saturated rings. The lowest BCUT2D eigenvalue weighted by Crippen LogP contribution is -2.52. The lowest BCUT2D eigenvalue weighted by atomic mass is 9.98. The fourth-order valence-electron chi connectivity index (χ4n) is 2.17. The molecule has 116 valence electrons. The van der Waals surface area contributed by atoms with Crippen molar-refractivity contribution in [3.63, 3.8) is 0 Å². The van der Waals surface area contributed by atoms with Crippen molar-refractivity contribution in [3.05, 3.63) is 59.3 Å². The largest absolute Gasteiger partial charge is 0.492 e. The van der Waals surface area contributed by atoms with E-state index in [4.69, 9.17) is 10.5 Å². The van der Waals surface area contributed by atoms with E-state index in [1.54, 1.807) is 24.3 Å². The molecule has 0 saturated heterocycles. The van der Waals surface area contributed by atoms with Crippen LogP contribution >= 0.6 is 0 Å². The van der Waals surface area contributed by atoms with E-state index in [1.165, 1.54) is 18.2 Å². The number of benzene rings is 1. The quantitative estimate of drug-likeness (QED) is 0.479. The van der Waals surface area contributed by atoms with E-state index in [1.807, 2.05) is 6.92 Å². The van der Waals surface area contributed by atoms with Gasteiger partial charge in [-0.15, -0.1) is 0 Å². The van der Waals surface area contributed by atoms with Gasteiger partial charge in [-0.3, -0.25) is 5.32 Å². The number of halogens is 1. The van der Waals surface area contributed by atoms with Crippen LogP contribution in [-0.4, -0.2) is 18.3 Å². The van der Waals surface area contributed by atoms with Gasteiger partial charge in [-0.05, 0) is 36.8 Å². The summed E-state index contributed by atoms with van der Waals surface area (Å²) in [5, 5.41) is 3.17. The molecule has 0 heterocycles. The highest BCUT2D eigenvalue weighted by Crippen LogP contribution is 2.25. The topological polar surface area (TPSA) is 76.7 Å². The first kappa shape index (κ1) is 16.1. The van der Waals surface area contributed by atoms with E-state index in [9.17, 15) is 9.18 Å². The fraction of sp³-hybridized carbons (Fsp3) is 0.312. The van der Waals surface area contributed by atoms with Crippen LogP contribution in [0.5, 0.6) is 0 Å². The Morgan fingerprint density at radius 1 is 1.45 bits per heavy atom. The van der Waals surface area contributed by atoms with Gasteiger partial charge in [0.1, 0.15) is 11.6 Å². The van der Waals surface area contributed by atoms with Crippen LogP contribution in [-0.2, 0) is 16.1 Å². The molecular weight excluding hydrogens is 285 g/mol. The predicted octanol–water partition coefficient (Wildman–Crippen LogP) is 2.11. The molecule has 1 atom stereocenters. The fourth-order valence-corrected chi connectivity index (χ4v) is 2.17. The highest BCUT2D eigenvalue weighted by molar-refractivity contribution is 5.41. The Kier molecular flexibility index (Phi) is 5.22. The molecule has 0 saturated carbocycles. The zero-order chi connectivity index (χ0) is 16.0. The summed E-state index contributed by atoms with van der Waals surface area (Å²) in [6.07, 6.45) is 5.29. The number of ether oxygens (including phenoxy) is 1. The molecule has 1 aromatic carbocycles. The van der Waals surface area contributed by atoms with Crippen LogP contribution in [0.4, 0.5) is 4.39 Å². The van der Waals surface area contributed by atoms with Gasteiger partial charge >= 0.3 is 0 Å². The van der Waals surface area contributed by atoms with Crippen LogP contribution < -0.4 is 11.1 Å². The molecule has 1 aromatic rings. The average molecular weight is 303 g/mol. The van der Waals surface area contributed by atoms with Crippen LogP contribution in [0.2, 0.25) is 0 Å². The predicted molar refractivity (Wildman–Crippen MR) is 80.7 cm³/mol. The SMILES string of the molecule is CCOC1=C(N=C=O)CC(N)(NCc2ccc(F)cc2)C=C1. The standard InChI is InChI=1S/C16H18FN3O2/c1-2-22-15-7-8-16(18,9-14(15)19-11-21)20-10-12-3-5-13(17)6-4-12/h3-8,20H,2,9-10,18H2,1H3. The van der Waals surface area contributed by atoms with Gasteiger partial charge < -0.3 is 10.5 Å². The summed E-state index contributed by atoms with van der Waals surface area (Å²) in [7, 11) is 0. The summed E-state index contributed by atoms with van der Waals surface area (Å²) in [5.41, 5.74) is 6.76. The first-order chi connectivity index (χ1) is 10.6. The van der Waals surface area contributed by atoms with Gasteiger partial charge in [-0.2, -0.15) is 4.99 Å². The third-order valence-electron chi connectivity index (χ3n) is 3.29. The molecule has 0 radical (unpaired) electrons. The molecular formula is C16H18FN3O2. The molecule has 1 aliphatic rings. The van der Waals surface area contributed by atoms with Gasteiger partial charge in [0.05, 0.1) is 18.0 Å². The molecule has 5 nitrogen and oxygen atoms in total. The van der Waals surface area contributed by atoms with Gasteiger partial charge in [0.25, 0.3) is 0 Å². The second-order valence-electron chi connectivity index (χ2n) is 4.98. The first-order valence-electron chi connectivity index (χ1n) is 6.98. The Balaban J connectivity index is 2.07. The summed E-state index contributed by atoms with van der Waals surface area (Å²) >= 11 is 0. The molecule has 2 rings (SSSR count). The minimum atomic E-state index is -0.856. The van der Waals surface area contributed by atoms with Crippen LogP contribution in [0.25, 0.3) is 0 Å². The minimum Gasteiger partial charge on any atom is -0.492 e. The highest BCUT2D eigenvalue weighted by atomic mass is 19.1. The number of hydrogen-bond donors (Lipinski definition) is 2. The summed E-state index contributed by atoms with van der Waals surface area (Å²) in [6, 6.07) is 6.16. The van der Waals surface area contributed by atoms with Crippen LogP contribution in [0.15, 0.2) is 52.9 Å². The van der Waals surface area contributed by atoms with Gasteiger partial charge in [0, 0.05) is 13.0 Å². The average Bonchev–Trinajstić information content (AvgIpc) is 2.50. The third-order valence-corrected chi connectivity index (χ3v) is 3.29. The zero-order valence-corrected chi connectivity index (χ0v) is 12.3. The smallest absolute Gasteiger partial charge is 0.240 e. The number of nitrogens with zero attached hydrogens (tertiary/aromatic N) is 1. The van der Waals surface area contributed by atoms with Crippen molar-refractivity contribution < 1.29 is 13.9 Å². The third kappa shape index (κ3) is 4.11. The Labute approximate surface area is 128 Å². The van der Waals surface area contributed by atoms with E-state index < -0.39 is 5.66 Å². The monoisotopic (exact) mass is 303 g/mol. The second-order valence-corrected chi connectivity index (χ2v) is 4.98. The Bertz CT molecular complexity index is 633. The number of allylic oxidation sites excluding steroid dienone is 1. The highest BCUT2D eigenvalue weighted by Gasteiger charge is 2.28. The number of hydrogen-bond acceptors (Lipinski definition) is 5. The summed E-state index contributed by atoms with van der Waals surface area (Å²) in [5.74, 6) is 0.242. The lowest BCUT2D eigenvalue weighted by Gasteiger charge is -2.31. The van der Waals surface area contributed by atoms with E-state index in [0.29, 0.717) is 31.0 Å². The molecule has 22 heavy (non-hydrogen) atoms. The number of nitrogens with two attached hydrogens (primary N) is 1. The van der Waals surface area contributed by atoms with Gasteiger partial charge in [-0.25, -0.2) is 9.18 Å². The molecule has 0 amide bonds. The van der Waals surface area contributed by atoms with Crippen molar-refractivity contribution in [3.8, 4) is 0 Å². The molecule has 3 N–H and O–H groups in total. The Hall–Kier alpha value is -2.27. The Morgan fingerprint density at radius 2 is 2.18 bits per heavy atom. The number of rotatable bonds is 6. The van der Waals surface area contributed by atoms with Gasteiger partial charge in [0.15, 0.2) is 0 Å². The number of aliphatic imine (C=N–C) groups is 1. The van der Waals surface area contributed by atoms with Crippen molar-refractivity contribution in [2.24, 2.45) is 10.7 Å². The molecule has 0 aromatic heterocycles. The normalized spacial score (nSPS) is 20.7. The molecule has 6 heteroatoms. The first-order valence-corrected chi connectivity index (χ1v) is 6.98. The van der Waals surface area contributed by atoms with Crippen molar-refractivity contribution in [2.45, 2.75) is 25.6 Å². The van der Waals surface area contributed by atoms with Crippen molar-refractivity contribution in [1.82, 2.24) is 5.32 Å². The zero-order valence-electron chi connectivity index (χ0n) is 12.3. The number of isocyanates is 1. The summed E-state index contributed by atoms with van der Waals surface area (Å²) in [4.78, 5) is 14.2. The Morgan fingerprint density at radius 3 is 2.82 bits per heavy atom. The van der Waals surface area contributed by atoms with Gasteiger partial charge in [0.2, 0.25) is 6.08 Å². The second kappa shape index (κ2) is 7.13. The summed E-state index contributed by atoms with van der Waals surface area (Å²) in [6.45, 7) is 2.78. The van der Waals surface area contributed by atoms with Crippen LogP contribution in [0.1, 0.15) is 18.9 Å². The molecule has 0 aliphatic heterocycles. The molecule has 1 unspecified atom stereocenters. The summed E-state index contributed by atoms with van der Waals surface area (Å²) < 4.78 is 18.3. The minimum absolute atomic E-state index is 0.282.